The fraction of sp³-hybridized carbons (Fsp3) is 1.00. The highest BCUT2D eigenvalue weighted by molar-refractivity contribution is 4.60. The quantitative estimate of drug-likeness (QED) is 0.467. The summed E-state index contributed by atoms with van der Waals surface area (Å²) >= 11 is 0. The van der Waals surface area contributed by atoms with Crippen molar-refractivity contribution in [1.82, 2.24) is 5.32 Å². The minimum atomic E-state index is 0.724. The molecule has 0 bridgehead atoms. The Morgan fingerprint density at radius 2 is 1.31 bits per heavy atom. The van der Waals surface area contributed by atoms with E-state index in [4.69, 9.17) is 0 Å². The van der Waals surface area contributed by atoms with Crippen LogP contribution in [0.15, 0.2) is 0 Å². The van der Waals surface area contributed by atoms with E-state index < -0.39 is 0 Å². The molecule has 98 valence electrons. The molecule has 1 nitrogen and oxygen atoms in total. The molecule has 0 fully saturated rings. The third kappa shape index (κ3) is 12.0. The molecule has 0 amide bonds. The highest BCUT2D eigenvalue weighted by Crippen LogP contribution is 2.05. The Kier molecular flexibility index (Phi) is 13.0. The molecule has 0 heterocycles. The molecule has 0 radical (unpaired) electrons. The van der Waals surface area contributed by atoms with Crippen molar-refractivity contribution in [2.45, 2.75) is 91.0 Å². The van der Waals surface area contributed by atoms with Crippen molar-refractivity contribution in [3.8, 4) is 0 Å². The zero-order chi connectivity index (χ0) is 12.1. The van der Waals surface area contributed by atoms with E-state index in [0.717, 1.165) is 6.04 Å². The second-order valence-corrected chi connectivity index (χ2v) is 5.12. The van der Waals surface area contributed by atoms with Gasteiger partial charge in [-0.3, -0.25) is 0 Å². The van der Waals surface area contributed by atoms with E-state index in [0.29, 0.717) is 0 Å². The highest BCUT2D eigenvalue weighted by atomic mass is 14.9. The van der Waals surface area contributed by atoms with Gasteiger partial charge in [-0.15, -0.1) is 0 Å². The largest absolute Gasteiger partial charge is 0.314 e. The Morgan fingerprint density at radius 1 is 0.750 bits per heavy atom. The van der Waals surface area contributed by atoms with Crippen LogP contribution in [-0.4, -0.2) is 12.6 Å². The first-order valence-corrected chi connectivity index (χ1v) is 7.54. The van der Waals surface area contributed by atoms with Crippen LogP contribution in [0.2, 0.25) is 0 Å². The molecule has 0 saturated carbocycles. The second-order valence-electron chi connectivity index (χ2n) is 5.12. The van der Waals surface area contributed by atoms with Gasteiger partial charge in [0.05, 0.1) is 0 Å². The summed E-state index contributed by atoms with van der Waals surface area (Å²) < 4.78 is 0. The van der Waals surface area contributed by atoms with Gasteiger partial charge in [-0.1, -0.05) is 65.2 Å². The molecule has 0 aliphatic rings. The molecule has 0 aromatic heterocycles. The topological polar surface area (TPSA) is 12.0 Å². The average molecular weight is 227 g/mol. The molecule has 16 heavy (non-hydrogen) atoms. The summed E-state index contributed by atoms with van der Waals surface area (Å²) in [6, 6.07) is 0.724. The number of unbranched alkanes of at least 4 members (excludes halogenated alkanes) is 7. The van der Waals surface area contributed by atoms with Crippen LogP contribution in [0.3, 0.4) is 0 Å². The molecule has 1 N–H and O–H groups in total. The smallest absolute Gasteiger partial charge is 0.00387 e. The summed E-state index contributed by atoms with van der Waals surface area (Å²) in [6.45, 7) is 8.10. The Morgan fingerprint density at radius 3 is 2.00 bits per heavy atom. The lowest BCUT2D eigenvalue weighted by molar-refractivity contribution is 0.472. The van der Waals surface area contributed by atoms with Crippen LogP contribution in [0.25, 0.3) is 0 Å². The first-order chi connectivity index (χ1) is 7.81. The fourth-order valence-electron chi connectivity index (χ4n) is 2.06. The van der Waals surface area contributed by atoms with E-state index in [1.807, 2.05) is 0 Å². The van der Waals surface area contributed by atoms with Crippen molar-refractivity contribution in [2.75, 3.05) is 6.54 Å². The predicted octanol–water partition coefficient (Wildman–Crippen LogP) is 4.91. The number of hydrogen-bond acceptors (Lipinski definition) is 1. The highest BCUT2D eigenvalue weighted by Gasteiger charge is 1.99. The lowest BCUT2D eigenvalue weighted by Gasteiger charge is -2.13. The van der Waals surface area contributed by atoms with Crippen LogP contribution < -0.4 is 5.32 Å². The Labute approximate surface area is 103 Å². The van der Waals surface area contributed by atoms with Gasteiger partial charge in [-0.25, -0.2) is 0 Å². The van der Waals surface area contributed by atoms with Gasteiger partial charge in [0.2, 0.25) is 0 Å². The summed E-state index contributed by atoms with van der Waals surface area (Å²) in [5.74, 6) is 0. The number of nitrogens with one attached hydrogen (secondary N) is 1. The normalized spacial score (nSPS) is 12.9. The number of rotatable bonds is 12. The van der Waals surface area contributed by atoms with Crippen LogP contribution in [0.4, 0.5) is 0 Å². The van der Waals surface area contributed by atoms with E-state index in [1.165, 1.54) is 70.8 Å². The monoisotopic (exact) mass is 227 g/mol. The van der Waals surface area contributed by atoms with E-state index >= 15 is 0 Å². The molecular formula is C15H33N. The number of hydrogen-bond donors (Lipinski definition) is 1. The SMILES string of the molecule is CCCCCCCCNC(C)CCCCC. The van der Waals surface area contributed by atoms with Crippen molar-refractivity contribution in [2.24, 2.45) is 0 Å². The fourth-order valence-corrected chi connectivity index (χ4v) is 2.06. The zero-order valence-electron chi connectivity index (χ0n) is 11.9. The molecular weight excluding hydrogens is 194 g/mol. The summed E-state index contributed by atoms with van der Waals surface area (Å²) in [5.41, 5.74) is 0. The van der Waals surface area contributed by atoms with Gasteiger partial charge >= 0.3 is 0 Å². The van der Waals surface area contributed by atoms with E-state index in [-0.39, 0.29) is 0 Å². The molecule has 1 atom stereocenters. The van der Waals surface area contributed by atoms with Gasteiger partial charge in [0.1, 0.15) is 0 Å². The lowest BCUT2D eigenvalue weighted by atomic mass is 10.1. The zero-order valence-corrected chi connectivity index (χ0v) is 11.9. The Bertz CT molecular complexity index is 123. The van der Waals surface area contributed by atoms with Crippen molar-refractivity contribution in [3.63, 3.8) is 0 Å². The maximum atomic E-state index is 3.63. The van der Waals surface area contributed by atoms with E-state index in [2.05, 4.69) is 26.1 Å². The average Bonchev–Trinajstić information content (AvgIpc) is 2.28. The first-order valence-electron chi connectivity index (χ1n) is 7.54. The van der Waals surface area contributed by atoms with Gasteiger partial charge < -0.3 is 5.32 Å². The van der Waals surface area contributed by atoms with Crippen LogP contribution in [0, 0.1) is 0 Å². The van der Waals surface area contributed by atoms with Crippen molar-refractivity contribution in [3.05, 3.63) is 0 Å². The van der Waals surface area contributed by atoms with Crippen molar-refractivity contribution >= 4 is 0 Å². The van der Waals surface area contributed by atoms with Crippen LogP contribution in [0.5, 0.6) is 0 Å². The minimum Gasteiger partial charge on any atom is -0.314 e. The molecule has 0 aromatic rings. The van der Waals surface area contributed by atoms with Gasteiger partial charge in [0.15, 0.2) is 0 Å². The van der Waals surface area contributed by atoms with Gasteiger partial charge in [0.25, 0.3) is 0 Å². The molecule has 1 unspecified atom stereocenters. The third-order valence-electron chi connectivity index (χ3n) is 3.26. The van der Waals surface area contributed by atoms with E-state index in [9.17, 15) is 0 Å². The second kappa shape index (κ2) is 13.0. The van der Waals surface area contributed by atoms with E-state index in [1.54, 1.807) is 0 Å². The standard InChI is InChI=1S/C15H33N/c1-4-6-8-9-10-12-14-16-15(3)13-11-7-5-2/h15-16H,4-14H2,1-3H3. The molecule has 0 saturated heterocycles. The maximum Gasteiger partial charge on any atom is 0.00387 e. The summed E-state index contributed by atoms with van der Waals surface area (Å²) in [7, 11) is 0. The van der Waals surface area contributed by atoms with Gasteiger partial charge in [0, 0.05) is 6.04 Å². The van der Waals surface area contributed by atoms with Crippen LogP contribution in [0.1, 0.15) is 85.0 Å². The maximum absolute atomic E-state index is 3.63. The van der Waals surface area contributed by atoms with Crippen LogP contribution >= 0.6 is 0 Å². The van der Waals surface area contributed by atoms with Gasteiger partial charge in [-0.05, 0) is 26.3 Å². The summed E-state index contributed by atoms with van der Waals surface area (Å²) in [4.78, 5) is 0. The molecule has 0 aromatic carbocycles. The molecule has 0 rings (SSSR count). The first kappa shape index (κ1) is 16.0. The molecule has 0 spiro atoms. The molecule has 0 aliphatic heterocycles. The lowest BCUT2D eigenvalue weighted by Crippen LogP contribution is -2.26. The predicted molar refractivity (Wildman–Crippen MR) is 75.0 cm³/mol. The summed E-state index contributed by atoms with van der Waals surface area (Å²) in [5, 5.41) is 3.63. The molecule has 1 heteroatoms. The summed E-state index contributed by atoms with van der Waals surface area (Å²) in [6.07, 6.45) is 13.9. The Hall–Kier alpha value is -0.0400. The molecule has 0 aliphatic carbocycles. The Balaban J connectivity index is 3.06. The minimum absolute atomic E-state index is 0.724. The third-order valence-corrected chi connectivity index (χ3v) is 3.26. The van der Waals surface area contributed by atoms with Crippen molar-refractivity contribution in [1.29, 1.82) is 0 Å². The van der Waals surface area contributed by atoms with Crippen LogP contribution in [-0.2, 0) is 0 Å². The van der Waals surface area contributed by atoms with Crippen molar-refractivity contribution < 1.29 is 0 Å². The van der Waals surface area contributed by atoms with Gasteiger partial charge in [-0.2, -0.15) is 0 Å².